The third-order valence-corrected chi connectivity index (χ3v) is 11.9. The Hall–Kier alpha value is -1.71. The number of nitrogens with zero attached hydrogens (tertiary/aromatic N) is 4. The van der Waals surface area contributed by atoms with E-state index in [4.69, 9.17) is 0 Å². The van der Waals surface area contributed by atoms with E-state index in [9.17, 15) is 14.4 Å². The predicted molar refractivity (Wildman–Crippen MR) is 246 cm³/mol. The average Bonchev–Trinajstić information content (AvgIpc) is 3.17. The molecule has 0 aliphatic carbocycles. The van der Waals surface area contributed by atoms with E-state index in [-0.39, 0.29) is 35.8 Å². The van der Waals surface area contributed by atoms with Gasteiger partial charge in [-0.3, -0.25) is 29.1 Å². The van der Waals surface area contributed by atoms with Crippen molar-refractivity contribution in [3.8, 4) is 0 Å². The summed E-state index contributed by atoms with van der Waals surface area (Å²) in [4.78, 5) is 48.9. The van der Waals surface area contributed by atoms with Crippen LogP contribution in [-0.2, 0) is 14.4 Å². The zero-order chi connectivity index (χ0) is 42.5. The molecule has 0 heterocycles. The molecule has 57 heavy (non-hydrogen) atoms. The second kappa shape index (κ2) is 38.5. The molecule has 0 spiro atoms. The first-order chi connectivity index (χ1) is 27.5. The normalized spacial score (nSPS) is 13.3. The summed E-state index contributed by atoms with van der Waals surface area (Å²) in [5.41, 5.74) is 0. The van der Waals surface area contributed by atoms with Gasteiger partial charge in [0.25, 0.3) is 0 Å². The van der Waals surface area contributed by atoms with Gasteiger partial charge in [-0.1, -0.05) is 175 Å². The Labute approximate surface area is 355 Å². The van der Waals surface area contributed by atoms with Gasteiger partial charge in [-0.15, -0.1) is 0 Å². The van der Waals surface area contributed by atoms with Gasteiger partial charge < -0.3 is 15.5 Å². The van der Waals surface area contributed by atoms with Crippen molar-refractivity contribution in [3.05, 3.63) is 0 Å². The maximum atomic E-state index is 14.2. The van der Waals surface area contributed by atoms with Crippen molar-refractivity contribution in [2.24, 2.45) is 0 Å². The van der Waals surface area contributed by atoms with Crippen molar-refractivity contribution >= 4 is 17.7 Å². The highest BCUT2D eigenvalue weighted by atomic mass is 16.2. The van der Waals surface area contributed by atoms with E-state index in [1.165, 1.54) is 128 Å². The molecular weight excluding hydrogens is 709 g/mol. The van der Waals surface area contributed by atoms with Crippen LogP contribution in [0.1, 0.15) is 207 Å². The molecule has 0 radical (unpaired) electrons. The molecule has 2 N–H and O–H groups in total. The molecule has 3 unspecified atom stereocenters. The molecule has 3 amide bonds. The van der Waals surface area contributed by atoms with Crippen LogP contribution in [0.15, 0.2) is 0 Å². The second-order valence-corrected chi connectivity index (χ2v) is 17.8. The molecule has 0 bridgehead atoms. The molecule has 0 aliphatic rings. The number of carbonyl (C=O) groups excluding carboxylic acids is 3. The topological polar surface area (TPSA) is 88.2 Å². The van der Waals surface area contributed by atoms with Crippen molar-refractivity contribution in [2.75, 3.05) is 68.5 Å². The van der Waals surface area contributed by atoms with E-state index in [2.05, 4.69) is 41.2 Å². The maximum Gasteiger partial charge on any atom is 0.239 e. The number of hydrogen-bond acceptors (Lipinski definition) is 6. The number of likely N-dealkylation sites (N-methyl/N-ethyl adjacent to an activating group) is 3. The fourth-order valence-electron chi connectivity index (χ4n) is 8.00. The fourth-order valence-corrected chi connectivity index (χ4v) is 8.00. The molecule has 0 aromatic carbocycles. The first-order valence-corrected chi connectivity index (χ1v) is 24.3. The van der Waals surface area contributed by atoms with Gasteiger partial charge in [-0.2, -0.15) is 0 Å². The van der Waals surface area contributed by atoms with E-state index in [1.54, 1.807) is 0 Å². The number of amides is 3. The maximum absolute atomic E-state index is 14.2. The molecule has 0 fully saturated rings. The zero-order valence-corrected chi connectivity index (χ0v) is 39.6. The third-order valence-electron chi connectivity index (χ3n) is 11.9. The molecule has 338 valence electrons. The number of hydrogen-bond donors (Lipinski definition) is 2. The molecule has 0 rings (SSSR count). The summed E-state index contributed by atoms with van der Waals surface area (Å²) in [5.74, 6) is 0.324. The van der Waals surface area contributed by atoms with Gasteiger partial charge in [0.05, 0.1) is 18.1 Å². The minimum atomic E-state index is -0.172. The highest BCUT2D eigenvalue weighted by Gasteiger charge is 2.27. The van der Waals surface area contributed by atoms with Crippen LogP contribution in [0.5, 0.6) is 0 Å². The van der Waals surface area contributed by atoms with Gasteiger partial charge in [0.2, 0.25) is 17.7 Å². The van der Waals surface area contributed by atoms with Crippen LogP contribution in [0.2, 0.25) is 0 Å². The van der Waals surface area contributed by atoms with Gasteiger partial charge in [0.15, 0.2) is 0 Å². The standard InChI is InChI=1S/C48H98N6O3/c1-10-13-16-19-22-25-28-31-36-43(51(4)5)46(55)49-39-34-35-41-54(48(57)45(53(8)9)38-33-30-27-24-21-18-15-12-3)42-40-50-47(56)44(52(6)7)37-32-29-26-23-20-17-14-11-2/h43-45H,10-42H2,1-9H3,(H,49,55)(H,50,56). The number of carbonyl (C=O) groups is 3. The smallest absolute Gasteiger partial charge is 0.239 e. The van der Waals surface area contributed by atoms with Crippen molar-refractivity contribution in [3.63, 3.8) is 0 Å². The molecule has 0 aromatic heterocycles. The number of nitrogens with one attached hydrogen (secondary N) is 2. The summed E-state index contributed by atoms with van der Waals surface area (Å²) >= 11 is 0. The first kappa shape index (κ1) is 55.3. The highest BCUT2D eigenvalue weighted by Crippen LogP contribution is 2.16. The Balaban J connectivity index is 5.20. The lowest BCUT2D eigenvalue weighted by Crippen LogP contribution is -2.50. The van der Waals surface area contributed by atoms with Gasteiger partial charge in [0, 0.05) is 26.2 Å². The van der Waals surface area contributed by atoms with Gasteiger partial charge in [-0.25, -0.2) is 0 Å². The molecule has 0 saturated carbocycles. The summed E-state index contributed by atoms with van der Waals surface area (Å²) < 4.78 is 0. The highest BCUT2D eigenvalue weighted by molar-refractivity contribution is 5.83. The third kappa shape index (κ3) is 30.0. The summed E-state index contributed by atoms with van der Waals surface area (Å²) in [5, 5.41) is 6.40. The van der Waals surface area contributed by atoms with E-state index in [0.29, 0.717) is 26.2 Å². The van der Waals surface area contributed by atoms with Gasteiger partial charge in [0.1, 0.15) is 0 Å². The average molecular weight is 807 g/mol. The second-order valence-electron chi connectivity index (χ2n) is 17.8. The van der Waals surface area contributed by atoms with Crippen molar-refractivity contribution in [1.29, 1.82) is 0 Å². The van der Waals surface area contributed by atoms with Crippen LogP contribution in [-0.4, -0.2) is 124 Å². The Kier molecular flexibility index (Phi) is 37.3. The van der Waals surface area contributed by atoms with E-state index in [0.717, 1.165) is 57.8 Å². The van der Waals surface area contributed by atoms with Crippen molar-refractivity contribution in [1.82, 2.24) is 30.2 Å². The summed E-state index contributed by atoms with van der Waals surface area (Å²) in [6.45, 7) is 8.95. The van der Waals surface area contributed by atoms with Crippen LogP contribution in [0, 0.1) is 0 Å². The molecule has 0 aromatic rings. The van der Waals surface area contributed by atoms with Crippen LogP contribution in [0.3, 0.4) is 0 Å². The predicted octanol–water partition coefficient (Wildman–Crippen LogP) is 10.2. The quantitative estimate of drug-likeness (QED) is 0.0599. The van der Waals surface area contributed by atoms with E-state index < -0.39 is 0 Å². The lowest BCUT2D eigenvalue weighted by Gasteiger charge is -2.31. The summed E-state index contributed by atoms with van der Waals surface area (Å²) in [7, 11) is 12.0. The molecule has 3 atom stereocenters. The SMILES string of the molecule is CCCCCCCCCCC(C(=O)NCCCCN(CCNC(=O)C(CCCCCCCCCC)N(C)C)C(=O)C(CCCCCCCCCC)N(C)C)N(C)C. The molecular formula is C48H98N6O3. The Morgan fingerprint density at radius 3 is 1.04 bits per heavy atom. The van der Waals surface area contributed by atoms with E-state index >= 15 is 0 Å². The van der Waals surface area contributed by atoms with Gasteiger partial charge in [-0.05, 0) is 74.4 Å². The Morgan fingerprint density at radius 2 is 0.684 bits per heavy atom. The van der Waals surface area contributed by atoms with Crippen molar-refractivity contribution < 1.29 is 14.4 Å². The molecule has 0 aliphatic heterocycles. The minimum absolute atomic E-state index is 0.0589. The van der Waals surface area contributed by atoms with Gasteiger partial charge >= 0.3 is 0 Å². The first-order valence-electron chi connectivity index (χ1n) is 24.3. The summed E-state index contributed by atoms with van der Waals surface area (Å²) in [6, 6.07) is -0.435. The lowest BCUT2D eigenvalue weighted by atomic mass is 10.0. The molecule has 9 heteroatoms. The largest absolute Gasteiger partial charge is 0.355 e. The van der Waals surface area contributed by atoms with E-state index in [1.807, 2.05) is 52.1 Å². The van der Waals surface area contributed by atoms with Crippen LogP contribution in [0.4, 0.5) is 0 Å². The van der Waals surface area contributed by atoms with Crippen LogP contribution >= 0.6 is 0 Å². The van der Waals surface area contributed by atoms with Crippen LogP contribution < -0.4 is 10.6 Å². The zero-order valence-electron chi connectivity index (χ0n) is 39.6. The Bertz CT molecular complexity index is 945. The lowest BCUT2D eigenvalue weighted by molar-refractivity contribution is -0.137. The Morgan fingerprint density at radius 1 is 0.368 bits per heavy atom. The number of unbranched alkanes of at least 4 members (excludes halogenated alkanes) is 22. The molecule has 0 saturated heterocycles. The fraction of sp³-hybridized carbons (Fsp3) is 0.938. The van der Waals surface area contributed by atoms with Crippen molar-refractivity contribution in [2.45, 2.75) is 225 Å². The molecule has 9 nitrogen and oxygen atoms in total. The van der Waals surface area contributed by atoms with Crippen LogP contribution in [0.25, 0.3) is 0 Å². The monoisotopic (exact) mass is 807 g/mol. The minimum Gasteiger partial charge on any atom is -0.355 e. The number of rotatable bonds is 41. The summed E-state index contributed by atoms with van der Waals surface area (Å²) in [6.07, 6.45) is 34.3.